The lowest BCUT2D eigenvalue weighted by molar-refractivity contribution is 0.203. The molecule has 0 saturated heterocycles. The van der Waals surface area contributed by atoms with Gasteiger partial charge in [0.1, 0.15) is 0 Å². The monoisotopic (exact) mass is 361 g/mol. The molecule has 0 aliphatic carbocycles. The first-order valence-electron chi connectivity index (χ1n) is 9.05. The van der Waals surface area contributed by atoms with Gasteiger partial charge in [-0.15, -0.1) is 23.6 Å². The summed E-state index contributed by atoms with van der Waals surface area (Å²) in [6, 6.07) is 0.159. The molecule has 0 spiro atoms. The average Bonchev–Trinajstić information content (AvgIpc) is 2.49. The molecule has 0 heterocycles. The van der Waals surface area contributed by atoms with Crippen LogP contribution >= 0.6 is 17.0 Å². The van der Waals surface area contributed by atoms with Crippen molar-refractivity contribution in [3.05, 3.63) is 12.7 Å². The smallest absolute Gasteiger partial charge is 0.0278 e. The Labute approximate surface area is 144 Å². The zero-order valence-corrected chi connectivity index (χ0v) is 16.5. The normalized spacial score (nSPS) is 12.8. The van der Waals surface area contributed by atoms with Gasteiger partial charge in [-0.25, -0.2) is 0 Å². The van der Waals surface area contributed by atoms with Crippen molar-refractivity contribution in [1.29, 1.82) is 0 Å². The zero-order valence-electron chi connectivity index (χ0n) is 14.8. The van der Waals surface area contributed by atoms with Gasteiger partial charge in [-0.1, -0.05) is 84.6 Å². The third-order valence-corrected chi connectivity index (χ3v) is 5.15. The lowest BCUT2D eigenvalue weighted by Gasteiger charge is -2.36. The topological polar surface area (TPSA) is 26.0 Å². The summed E-state index contributed by atoms with van der Waals surface area (Å²) in [6.45, 7) is 10.7. The Kier molecular flexibility index (Phi) is 16.8. The highest BCUT2D eigenvalue weighted by Gasteiger charge is 2.30. The van der Waals surface area contributed by atoms with Crippen LogP contribution in [-0.4, -0.2) is 6.04 Å². The molecule has 1 unspecified atom stereocenters. The van der Waals surface area contributed by atoms with Crippen molar-refractivity contribution in [3.8, 4) is 0 Å². The predicted octanol–water partition coefficient (Wildman–Crippen LogP) is 6.80. The summed E-state index contributed by atoms with van der Waals surface area (Å²) in [4.78, 5) is 0. The number of nitrogens with two attached hydrogens (primary N) is 1. The maximum atomic E-state index is 6.26. The largest absolute Gasteiger partial charge is 0.324 e. The van der Waals surface area contributed by atoms with Gasteiger partial charge in [-0.05, 0) is 24.7 Å². The summed E-state index contributed by atoms with van der Waals surface area (Å²) in [5, 5.41) is 0. The van der Waals surface area contributed by atoms with Gasteiger partial charge in [-0.3, -0.25) is 0 Å². The molecule has 0 saturated carbocycles. The molecular weight excluding hydrogens is 322 g/mol. The molecule has 2 N–H and O–H groups in total. The van der Waals surface area contributed by atoms with Gasteiger partial charge in [0.05, 0.1) is 0 Å². The molecule has 2 heteroatoms. The Morgan fingerprint density at radius 2 is 1.29 bits per heavy atom. The Balaban J connectivity index is 0. The summed E-state index contributed by atoms with van der Waals surface area (Å²) in [5.41, 5.74) is 6.56. The van der Waals surface area contributed by atoms with Crippen LogP contribution in [0, 0.1) is 5.41 Å². The quantitative estimate of drug-likeness (QED) is 0.267. The number of halogens is 1. The average molecular weight is 362 g/mol. The number of unbranched alkanes of at least 4 members (excludes halogenated alkanes) is 8. The molecular formula is C19H40BrN. The Hall–Kier alpha value is 0.180. The van der Waals surface area contributed by atoms with E-state index < -0.39 is 0 Å². The molecule has 0 aromatic rings. The second kappa shape index (κ2) is 15.1. The molecule has 0 bridgehead atoms. The predicted molar refractivity (Wildman–Crippen MR) is 103 cm³/mol. The first kappa shape index (κ1) is 23.4. The van der Waals surface area contributed by atoms with Gasteiger partial charge in [-0.2, -0.15) is 0 Å². The van der Waals surface area contributed by atoms with E-state index in [4.69, 9.17) is 5.73 Å². The Morgan fingerprint density at radius 1 is 0.857 bits per heavy atom. The van der Waals surface area contributed by atoms with Crippen molar-refractivity contribution >= 4 is 17.0 Å². The number of rotatable bonds is 14. The van der Waals surface area contributed by atoms with Gasteiger partial charge in [0, 0.05) is 6.04 Å². The minimum absolute atomic E-state index is 0. The number of hydrogen-bond donors (Lipinski definition) is 1. The second-order valence-corrected chi connectivity index (χ2v) is 6.41. The maximum Gasteiger partial charge on any atom is 0.0278 e. The van der Waals surface area contributed by atoms with Gasteiger partial charge >= 0.3 is 0 Å². The van der Waals surface area contributed by atoms with Gasteiger partial charge in [0.2, 0.25) is 0 Å². The van der Waals surface area contributed by atoms with Crippen LogP contribution in [0.4, 0.5) is 0 Å². The molecule has 1 atom stereocenters. The third kappa shape index (κ3) is 9.73. The minimum Gasteiger partial charge on any atom is -0.324 e. The molecule has 0 amide bonds. The van der Waals surface area contributed by atoms with E-state index in [-0.39, 0.29) is 23.0 Å². The summed E-state index contributed by atoms with van der Waals surface area (Å²) in [7, 11) is 0. The van der Waals surface area contributed by atoms with E-state index >= 15 is 0 Å². The highest BCUT2D eigenvalue weighted by Crippen LogP contribution is 2.36. The fraction of sp³-hybridized carbons (Fsp3) is 0.895. The van der Waals surface area contributed by atoms with E-state index in [0.29, 0.717) is 5.41 Å². The molecule has 0 aliphatic heterocycles. The van der Waals surface area contributed by atoms with Crippen molar-refractivity contribution in [3.63, 3.8) is 0 Å². The van der Waals surface area contributed by atoms with Crippen LogP contribution in [0.15, 0.2) is 12.7 Å². The highest BCUT2D eigenvalue weighted by atomic mass is 79.9. The van der Waals surface area contributed by atoms with Crippen molar-refractivity contribution in [2.45, 2.75) is 104 Å². The molecule has 0 aliphatic rings. The molecule has 21 heavy (non-hydrogen) atoms. The van der Waals surface area contributed by atoms with Crippen molar-refractivity contribution in [2.75, 3.05) is 0 Å². The van der Waals surface area contributed by atoms with E-state index in [1.807, 2.05) is 6.08 Å². The Bertz CT molecular complexity index is 224. The number of hydrogen-bond acceptors (Lipinski definition) is 1. The fourth-order valence-corrected chi connectivity index (χ4v) is 3.28. The molecule has 1 nitrogen and oxygen atoms in total. The van der Waals surface area contributed by atoms with Crippen LogP contribution in [0.2, 0.25) is 0 Å². The van der Waals surface area contributed by atoms with Crippen LogP contribution in [0.25, 0.3) is 0 Å². The minimum atomic E-state index is 0. The summed E-state index contributed by atoms with van der Waals surface area (Å²) in [5.74, 6) is 0. The van der Waals surface area contributed by atoms with E-state index in [1.165, 1.54) is 77.0 Å². The molecule has 0 fully saturated rings. The van der Waals surface area contributed by atoms with Crippen molar-refractivity contribution in [1.82, 2.24) is 0 Å². The van der Waals surface area contributed by atoms with Crippen LogP contribution in [0.1, 0.15) is 97.8 Å². The van der Waals surface area contributed by atoms with Crippen LogP contribution in [0.3, 0.4) is 0 Å². The fourth-order valence-electron chi connectivity index (χ4n) is 3.28. The van der Waals surface area contributed by atoms with E-state index in [1.54, 1.807) is 0 Å². The van der Waals surface area contributed by atoms with Gasteiger partial charge in [0.25, 0.3) is 0 Å². The van der Waals surface area contributed by atoms with Gasteiger partial charge < -0.3 is 5.73 Å². The van der Waals surface area contributed by atoms with Crippen LogP contribution < -0.4 is 5.73 Å². The van der Waals surface area contributed by atoms with Crippen LogP contribution in [0.5, 0.6) is 0 Å². The lowest BCUT2D eigenvalue weighted by atomic mass is 9.72. The van der Waals surface area contributed by atoms with Gasteiger partial charge in [0.15, 0.2) is 0 Å². The first-order chi connectivity index (χ1) is 9.66. The molecule has 128 valence electrons. The highest BCUT2D eigenvalue weighted by molar-refractivity contribution is 8.93. The first-order valence-corrected chi connectivity index (χ1v) is 9.05. The lowest BCUT2D eigenvalue weighted by Crippen LogP contribution is -2.39. The summed E-state index contributed by atoms with van der Waals surface area (Å²) < 4.78 is 0. The molecule has 0 aromatic carbocycles. The molecule has 0 aromatic heterocycles. The zero-order chi connectivity index (χ0) is 15.3. The third-order valence-electron chi connectivity index (χ3n) is 5.15. The van der Waals surface area contributed by atoms with E-state index in [0.717, 1.165) is 0 Å². The SMILES string of the molecule is Br.C=CC(N)C(CC)(CC)CCCCCCCCCCC. The summed E-state index contributed by atoms with van der Waals surface area (Å²) >= 11 is 0. The second-order valence-electron chi connectivity index (χ2n) is 6.41. The Morgan fingerprint density at radius 3 is 1.67 bits per heavy atom. The van der Waals surface area contributed by atoms with E-state index in [2.05, 4.69) is 27.4 Å². The molecule has 0 rings (SSSR count). The maximum absolute atomic E-state index is 6.26. The van der Waals surface area contributed by atoms with Crippen molar-refractivity contribution < 1.29 is 0 Å². The summed E-state index contributed by atoms with van der Waals surface area (Å²) in [6.07, 6.45) is 18.1. The van der Waals surface area contributed by atoms with E-state index in [9.17, 15) is 0 Å². The standard InChI is InChI=1S/C19H39N.BrH/c1-5-9-10-11-12-13-14-15-16-17-19(7-3,8-4)18(20)6-2;/h6,18H,2,5,7-17,20H2,1,3-4H3;1H. The molecule has 0 radical (unpaired) electrons. The van der Waals surface area contributed by atoms with Crippen LogP contribution in [-0.2, 0) is 0 Å². The van der Waals surface area contributed by atoms with Crippen molar-refractivity contribution in [2.24, 2.45) is 11.1 Å².